The molecule has 6 heteroatoms. The van der Waals surface area contributed by atoms with Gasteiger partial charge in [-0.05, 0) is 82.9 Å². The number of nitrogens with zero attached hydrogens (tertiary/aromatic N) is 2. The number of halogens is 2. The Morgan fingerprint density at radius 2 is 1.00 bits per heavy atom. The molecule has 10 radical (unpaired) electrons. The molecule has 2 heterocycles. The van der Waals surface area contributed by atoms with Crippen LogP contribution < -0.4 is 0 Å². The van der Waals surface area contributed by atoms with Crippen molar-refractivity contribution in [3.05, 3.63) is 169 Å². The summed E-state index contributed by atoms with van der Waals surface area (Å²) in [7, 11) is 7.76. The minimum atomic E-state index is -2.11. The predicted octanol–water partition coefficient (Wildman–Crippen LogP) is 10.4. The van der Waals surface area contributed by atoms with Crippen LogP contribution in [0.5, 0.6) is 0 Å². The molecule has 0 amide bonds. The molecule has 0 aliphatic heterocycles. The van der Waals surface area contributed by atoms with Crippen molar-refractivity contribution in [2.24, 2.45) is 0 Å². The minimum absolute atomic E-state index is 0.826. The van der Waals surface area contributed by atoms with Crippen molar-refractivity contribution >= 4 is 58.3 Å². The molecule has 0 saturated heterocycles. The molecule has 2 aromatic carbocycles. The SMILES string of the molecule is C[C]1[CH][C]2[C](C=CC=C2n2ccc3ccccc32)[C]1[Si](C)(C)[C]1[C](C)[CH][C]2[C]1C=CC=C2n1ccc2ccccc21.[Cl][Zr+2][Cl]. The fourth-order valence-electron chi connectivity index (χ4n) is 7.64. The van der Waals surface area contributed by atoms with Crippen LogP contribution in [0, 0.1) is 59.4 Å². The molecule has 0 unspecified atom stereocenters. The first-order valence-corrected chi connectivity index (χ1v) is 24.2. The van der Waals surface area contributed by atoms with E-state index in [0.717, 1.165) is 0 Å². The summed E-state index contributed by atoms with van der Waals surface area (Å²) < 4.78 is 4.71. The van der Waals surface area contributed by atoms with Gasteiger partial charge in [0.25, 0.3) is 0 Å². The van der Waals surface area contributed by atoms with Gasteiger partial charge in [0.05, 0.1) is 19.1 Å². The Morgan fingerprint density at radius 3 is 1.43 bits per heavy atom. The number of hydrogen-bond donors (Lipinski definition) is 0. The standard InChI is InChI=1S/C38H32N2Si.2ClH.Zr/c1-25-23-31-29(13-9-17-35(31)39-21-19-27-11-5-7-15-33(27)39)37(25)41(3,4)38-26(2)24-32-30(38)14-10-18-36(32)40-22-20-28-12-6-8-16-34(28)40;;;/h5-24H,1-4H3;2*1H;/q;;;+4/p-2. The summed E-state index contributed by atoms with van der Waals surface area (Å²) >= 11 is -0.826. The Hall–Kier alpha value is -1.84. The van der Waals surface area contributed by atoms with Gasteiger partial charge >= 0.3 is 37.9 Å². The van der Waals surface area contributed by atoms with Crippen LogP contribution in [-0.4, -0.2) is 17.2 Å². The average Bonchev–Trinajstić information content (AvgIpc) is 3.79. The molecule has 4 aromatic rings. The second-order valence-electron chi connectivity index (χ2n) is 12.1. The van der Waals surface area contributed by atoms with Gasteiger partial charge in [-0.15, -0.1) is 0 Å². The number of allylic oxidation sites excluding steroid dienone is 8. The first-order valence-electron chi connectivity index (χ1n) is 14.8. The van der Waals surface area contributed by atoms with E-state index in [2.05, 4.69) is 158 Å². The Balaban J connectivity index is 0.00000100. The van der Waals surface area contributed by atoms with Gasteiger partial charge in [0.15, 0.2) is 0 Å². The van der Waals surface area contributed by atoms with Crippen molar-refractivity contribution in [3.63, 3.8) is 0 Å². The number of aromatic nitrogens is 2. The topological polar surface area (TPSA) is 9.86 Å². The van der Waals surface area contributed by atoms with Crippen molar-refractivity contribution < 1.29 is 20.8 Å². The molecule has 4 aliphatic rings. The number of benzene rings is 2. The summed E-state index contributed by atoms with van der Waals surface area (Å²) in [6, 6.07) is 21.7. The quantitative estimate of drug-likeness (QED) is 0.187. The van der Waals surface area contributed by atoms with Gasteiger partial charge in [-0.3, -0.25) is 0 Å². The van der Waals surface area contributed by atoms with Gasteiger partial charge in [-0.2, -0.15) is 0 Å². The van der Waals surface area contributed by atoms with Gasteiger partial charge in [0.1, 0.15) is 0 Å². The molecule has 2 saturated carbocycles. The van der Waals surface area contributed by atoms with Crippen molar-refractivity contribution in [2.45, 2.75) is 26.9 Å². The molecule has 44 heavy (non-hydrogen) atoms. The average molecular weight is 707 g/mol. The molecule has 2 fully saturated rings. The van der Waals surface area contributed by atoms with Crippen molar-refractivity contribution in [2.75, 3.05) is 0 Å². The Morgan fingerprint density at radius 1 is 0.591 bits per heavy atom. The molecule has 2 nitrogen and oxygen atoms in total. The van der Waals surface area contributed by atoms with Crippen molar-refractivity contribution in [1.29, 1.82) is 0 Å². The van der Waals surface area contributed by atoms with Gasteiger partial charge in [0.2, 0.25) is 0 Å². The van der Waals surface area contributed by atoms with E-state index >= 15 is 0 Å². The van der Waals surface area contributed by atoms with E-state index in [-0.39, 0.29) is 0 Å². The normalized spacial score (nSPS) is 21.0. The second kappa shape index (κ2) is 12.4. The maximum absolute atomic E-state index is 4.93. The predicted molar refractivity (Wildman–Crippen MR) is 186 cm³/mol. The Labute approximate surface area is 282 Å². The van der Waals surface area contributed by atoms with E-state index in [1.54, 1.807) is 11.1 Å². The molecular weight excluding hydrogens is 675 g/mol. The Kier molecular flexibility index (Phi) is 8.68. The van der Waals surface area contributed by atoms with Crippen LogP contribution in [0.25, 0.3) is 33.2 Å². The van der Waals surface area contributed by atoms with E-state index in [1.807, 2.05) is 0 Å². The van der Waals surface area contributed by atoms with Gasteiger partial charge in [-0.1, -0.05) is 87.6 Å². The molecule has 4 aliphatic carbocycles. The van der Waals surface area contributed by atoms with E-state index in [0.29, 0.717) is 0 Å². The third-order valence-corrected chi connectivity index (χ3v) is 13.0. The van der Waals surface area contributed by atoms with Crippen LogP contribution >= 0.6 is 17.0 Å². The summed E-state index contributed by atoms with van der Waals surface area (Å²) in [5.41, 5.74) is 8.12. The summed E-state index contributed by atoms with van der Waals surface area (Å²) in [5.74, 6) is 8.29. The summed E-state index contributed by atoms with van der Waals surface area (Å²) in [4.78, 5) is 0. The third kappa shape index (κ3) is 5.07. The first kappa shape index (κ1) is 30.8. The third-order valence-electron chi connectivity index (χ3n) is 9.18. The first-order chi connectivity index (χ1) is 21.3. The zero-order chi connectivity index (χ0) is 30.6. The van der Waals surface area contributed by atoms with E-state index in [9.17, 15) is 0 Å². The van der Waals surface area contributed by atoms with Crippen LogP contribution in [-0.2, 0) is 20.8 Å². The molecule has 8 rings (SSSR count). The molecule has 214 valence electrons. The van der Waals surface area contributed by atoms with Crippen LogP contribution in [0.2, 0.25) is 13.1 Å². The zero-order valence-electron chi connectivity index (χ0n) is 25.2. The number of para-hydroxylation sites is 2. The van der Waals surface area contributed by atoms with Gasteiger partial charge < -0.3 is 9.13 Å². The Bertz CT molecular complexity index is 1670. The maximum atomic E-state index is 4.93. The van der Waals surface area contributed by atoms with Crippen LogP contribution in [0.3, 0.4) is 0 Å². The van der Waals surface area contributed by atoms with E-state index in [1.165, 1.54) is 68.7 Å². The van der Waals surface area contributed by atoms with E-state index < -0.39 is 28.9 Å². The second-order valence-corrected chi connectivity index (χ2v) is 20.0. The summed E-state index contributed by atoms with van der Waals surface area (Å²) in [6.45, 7) is 9.73. The zero-order valence-corrected chi connectivity index (χ0v) is 30.2. The number of hydrogen-bond acceptors (Lipinski definition) is 0. The molecule has 0 spiro atoms. The van der Waals surface area contributed by atoms with Crippen LogP contribution in [0.4, 0.5) is 0 Å². The van der Waals surface area contributed by atoms with Crippen molar-refractivity contribution in [1.82, 2.24) is 9.13 Å². The molecule has 0 atom stereocenters. The fraction of sp³-hybridized carbons (Fsp3) is 0.105. The summed E-state index contributed by atoms with van der Waals surface area (Å²) in [5, 5.41) is 2.54. The monoisotopic (exact) mass is 704 g/mol. The van der Waals surface area contributed by atoms with E-state index in [4.69, 9.17) is 17.0 Å². The van der Waals surface area contributed by atoms with Crippen LogP contribution in [0.15, 0.2) is 110 Å². The van der Waals surface area contributed by atoms with Gasteiger partial charge in [0, 0.05) is 47.5 Å². The van der Waals surface area contributed by atoms with Gasteiger partial charge in [-0.25, -0.2) is 0 Å². The molecule has 2 aromatic heterocycles. The molecule has 0 N–H and O–H groups in total. The van der Waals surface area contributed by atoms with Crippen molar-refractivity contribution in [3.8, 4) is 0 Å². The number of rotatable bonds is 4. The molecular formula is C38H32Cl2N2SiZr+2. The summed E-state index contributed by atoms with van der Waals surface area (Å²) in [6.07, 6.45) is 23.0. The van der Waals surface area contributed by atoms with Crippen LogP contribution in [0.1, 0.15) is 13.8 Å². The number of fused-ring (bicyclic) bond motifs is 4. The molecule has 0 bridgehead atoms. The fourth-order valence-corrected chi connectivity index (χ4v) is 11.8.